The molecule has 36 heavy (non-hydrogen) atoms. The van der Waals surface area contributed by atoms with Crippen LogP contribution in [-0.4, -0.2) is 44.2 Å². The molecule has 1 aromatic heterocycles. The summed E-state index contributed by atoms with van der Waals surface area (Å²) in [6.45, 7) is 6.57. The second-order valence-electron chi connectivity index (χ2n) is 8.22. The van der Waals surface area contributed by atoms with Crippen molar-refractivity contribution in [2.45, 2.75) is 38.2 Å². The van der Waals surface area contributed by atoms with Gasteiger partial charge in [0.05, 0.1) is 16.8 Å². The van der Waals surface area contributed by atoms with Gasteiger partial charge in [-0.1, -0.05) is 13.8 Å². The van der Waals surface area contributed by atoms with E-state index in [4.69, 9.17) is 13.9 Å². The minimum absolute atomic E-state index is 0.0240. The maximum absolute atomic E-state index is 14.0. The largest absolute Gasteiger partial charge is 0.511 e. The number of fused-ring (bicyclic) bond motifs is 3. The molecule has 192 valence electrons. The Morgan fingerprint density at radius 2 is 1.94 bits per heavy atom. The SMILES string of the molecule is CCN(CC)CCCc1cc(F)ccc1S(=O)(=O)Nc1ccc2c(c1OC(=O)O)OCc1occc1-2. The highest BCUT2D eigenvalue weighted by Gasteiger charge is 2.29. The van der Waals surface area contributed by atoms with Crippen LogP contribution in [0.15, 0.2) is 52.0 Å². The lowest BCUT2D eigenvalue weighted by molar-refractivity contribution is 0.141. The number of ether oxygens (including phenoxy) is 2. The highest BCUT2D eigenvalue weighted by Crippen LogP contribution is 2.48. The molecule has 0 atom stereocenters. The van der Waals surface area contributed by atoms with Gasteiger partial charge in [0.2, 0.25) is 5.75 Å². The van der Waals surface area contributed by atoms with Crippen LogP contribution in [0.4, 0.5) is 14.9 Å². The predicted octanol–water partition coefficient (Wildman–Crippen LogP) is 5.11. The van der Waals surface area contributed by atoms with Crippen molar-refractivity contribution in [1.82, 2.24) is 4.90 Å². The second-order valence-corrected chi connectivity index (χ2v) is 9.87. The number of hydrogen-bond donors (Lipinski definition) is 2. The quantitative estimate of drug-likeness (QED) is 0.281. The Bertz CT molecular complexity index is 1370. The van der Waals surface area contributed by atoms with Crippen molar-refractivity contribution < 1.29 is 36.6 Å². The number of benzene rings is 2. The van der Waals surface area contributed by atoms with E-state index in [0.717, 1.165) is 25.7 Å². The first-order valence-corrected chi connectivity index (χ1v) is 13.0. The lowest BCUT2D eigenvalue weighted by Gasteiger charge is -2.22. The standard InChI is InChI=1S/C25H27FN2O7S/c1-3-28(4-2)12-5-6-16-14-17(26)7-10-22(16)36(31,32)27-20-9-8-19-18-11-13-33-21(18)15-34-23(19)24(20)35-25(29)30/h7-11,13-14,27H,3-6,12,15H2,1-2H3,(H,29,30). The van der Waals surface area contributed by atoms with Gasteiger partial charge in [-0.3, -0.25) is 4.72 Å². The smallest absolute Gasteiger partial charge is 0.481 e. The van der Waals surface area contributed by atoms with Crippen LogP contribution in [-0.2, 0) is 23.1 Å². The topological polar surface area (TPSA) is 118 Å². The van der Waals surface area contributed by atoms with Crippen LogP contribution < -0.4 is 14.2 Å². The highest BCUT2D eigenvalue weighted by atomic mass is 32.2. The number of rotatable bonds is 10. The summed E-state index contributed by atoms with van der Waals surface area (Å²) in [5, 5.41) is 9.30. The number of halogens is 1. The number of nitrogens with zero attached hydrogens (tertiary/aromatic N) is 1. The van der Waals surface area contributed by atoms with Crippen LogP contribution >= 0.6 is 0 Å². The number of furan rings is 1. The van der Waals surface area contributed by atoms with Gasteiger partial charge in [-0.15, -0.1) is 0 Å². The van der Waals surface area contributed by atoms with Crippen molar-refractivity contribution in [2.24, 2.45) is 0 Å². The van der Waals surface area contributed by atoms with Crippen molar-refractivity contribution in [3.05, 3.63) is 59.8 Å². The van der Waals surface area contributed by atoms with E-state index in [1.165, 1.54) is 24.5 Å². The zero-order valence-corrected chi connectivity index (χ0v) is 20.7. The van der Waals surface area contributed by atoms with E-state index in [1.807, 2.05) is 13.8 Å². The maximum Gasteiger partial charge on any atom is 0.511 e. The third-order valence-corrected chi connectivity index (χ3v) is 7.52. The van der Waals surface area contributed by atoms with Gasteiger partial charge in [0.25, 0.3) is 10.0 Å². The lowest BCUT2D eigenvalue weighted by atomic mass is 10.0. The zero-order valence-electron chi connectivity index (χ0n) is 19.9. The van der Waals surface area contributed by atoms with E-state index in [9.17, 15) is 22.7 Å². The van der Waals surface area contributed by atoms with Crippen LogP contribution in [0.5, 0.6) is 11.5 Å². The van der Waals surface area contributed by atoms with Crippen LogP contribution in [0.1, 0.15) is 31.6 Å². The number of aryl methyl sites for hydroxylation is 1. The summed E-state index contributed by atoms with van der Waals surface area (Å²) in [5.74, 6) is -0.205. The fourth-order valence-corrected chi connectivity index (χ4v) is 5.57. The summed E-state index contributed by atoms with van der Waals surface area (Å²) in [7, 11) is -4.23. The average molecular weight is 519 g/mol. The van der Waals surface area contributed by atoms with Crippen LogP contribution in [0, 0.1) is 5.82 Å². The Morgan fingerprint density at radius 1 is 1.17 bits per heavy atom. The van der Waals surface area contributed by atoms with Crippen molar-refractivity contribution in [3.8, 4) is 22.6 Å². The van der Waals surface area contributed by atoms with Gasteiger partial charge in [-0.2, -0.15) is 0 Å². The van der Waals surface area contributed by atoms with Gasteiger partial charge in [0.1, 0.15) is 18.2 Å². The molecule has 11 heteroatoms. The normalized spacial score (nSPS) is 12.6. The molecule has 0 aliphatic carbocycles. The molecular formula is C25H27FN2O7S. The molecule has 0 saturated heterocycles. The van der Waals surface area contributed by atoms with Gasteiger partial charge < -0.3 is 23.9 Å². The maximum atomic E-state index is 14.0. The molecule has 2 heterocycles. The van der Waals surface area contributed by atoms with Gasteiger partial charge in [0.15, 0.2) is 5.75 Å². The predicted molar refractivity (Wildman–Crippen MR) is 130 cm³/mol. The Kier molecular flexibility index (Phi) is 7.51. The number of sulfonamides is 1. The highest BCUT2D eigenvalue weighted by molar-refractivity contribution is 7.92. The first-order chi connectivity index (χ1) is 17.2. The van der Waals surface area contributed by atoms with Crippen LogP contribution in [0.2, 0.25) is 0 Å². The summed E-state index contributed by atoms with van der Waals surface area (Å²) in [6, 6.07) is 8.17. The van der Waals surface area contributed by atoms with Gasteiger partial charge in [-0.05, 0) is 74.4 Å². The summed E-state index contributed by atoms with van der Waals surface area (Å²) in [6.07, 6.45) is 0.831. The third kappa shape index (κ3) is 5.31. The third-order valence-electron chi connectivity index (χ3n) is 6.06. The molecule has 0 saturated carbocycles. The molecular weight excluding hydrogens is 491 g/mol. The number of hydrogen-bond acceptors (Lipinski definition) is 7. The average Bonchev–Trinajstić information content (AvgIpc) is 3.32. The molecule has 0 bridgehead atoms. The fraction of sp³-hybridized carbons (Fsp3) is 0.320. The second kappa shape index (κ2) is 10.6. The fourth-order valence-electron chi connectivity index (χ4n) is 4.26. The molecule has 0 amide bonds. The molecule has 2 N–H and O–H groups in total. The van der Waals surface area contributed by atoms with Gasteiger partial charge >= 0.3 is 6.16 Å². The van der Waals surface area contributed by atoms with Crippen molar-refractivity contribution in [2.75, 3.05) is 24.4 Å². The minimum atomic E-state index is -4.23. The van der Waals surface area contributed by atoms with E-state index in [-0.39, 0.29) is 28.7 Å². The van der Waals surface area contributed by atoms with E-state index in [0.29, 0.717) is 35.3 Å². The monoisotopic (exact) mass is 518 g/mol. The molecule has 1 aliphatic rings. The first kappa shape index (κ1) is 25.5. The molecule has 3 aromatic rings. The number of carbonyl (C=O) groups is 1. The molecule has 0 spiro atoms. The van der Waals surface area contributed by atoms with E-state index in [2.05, 4.69) is 9.62 Å². The molecule has 2 aromatic carbocycles. The lowest BCUT2D eigenvalue weighted by Crippen LogP contribution is -2.24. The van der Waals surface area contributed by atoms with E-state index in [1.54, 1.807) is 12.1 Å². The zero-order chi connectivity index (χ0) is 25.9. The van der Waals surface area contributed by atoms with E-state index < -0.39 is 22.0 Å². The van der Waals surface area contributed by atoms with Crippen LogP contribution in [0.3, 0.4) is 0 Å². The Hall–Kier alpha value is -3.57. The minimum Gasteiger partial charge on any atom is -0.481 e. The molecule has 0 unspecified atom stereocenters. The Balaban J connectivity index is 1.67. The van der Waals surface area contributed by atoms with Crippen molar-refractivity contribution >= 4 is 21.9 Å². The summed E-state index contributed by atoms with van der Waals surface area (Å²) in [5.41, 5.74) is 1.40. The van der Waals surface area contributed by atoms with Crippen LogP contribution in [0.25, 0.3) is 11.1 Å². The summed E-state index contributed by atoms with van der Waals surface area (Å²) < 4.78 is 59.2. The Labute approximate surface area is 208 Å². The summed E-state index contributed by atoms with van der Waals surface area (Å²) >= 11 is 0. The first-order valence-electron chi connectivity index (χ1n) is 11.5. The van der Waals surface area contributed by atoms with Crippen molar-refractivity contribution in [3.63, 3.8) is 0 Å². The molecule has 0 radical (unpaired) electrons. The molecule has 0 fully saturated rings. The van der Waals surface area contributed by atoms with E-state index >= 15 is 0 Å². The summed E-state index contributed by atoms with van der Waals surface area (Å²) in [4.78, 5) is 13.5. The van der Waals surface area contributed by atoms with Gasteiger partial charge in [-0.25, -0.2) is 17.6 Å². The number of anilines is 1. The molecule has 9 nitrogen and oxygen atoms in total. The van der Waals surface area contributed by atoms with Gasteiger partial charge in [0, 0.05) is 11.1 Å². The number of nitrogens with one attached hydrogen (secondary N) is 1. The Morgan fingerprint density at radius 3 is 2.67 bits per heavy atom. The molecule has 1 aliphatic heterocycles. The van der Waals surface area contributed by atoms with Crippen molar-refractivity contribution in [1.29, 1.82) is 0 Å². The molecule has 4 rings (SSSR count). The number of carboxylic acid groups (broad SMARTS) is 1.